The highest BCUT2D eigenvalue weighted by Gasteiger charge is 2.27. The number of rotatable bonds is 3. The molecule has 0 spiro atoms. The topological polar surface area (TPSA) is 30.5 Å². The molecule has 3 rings (SSSR count). The van der Waals surface area contributed by atoms with Crippen molar-refractivity contribution in [1.29, 1.82) is 0 Å². The molecule has 4 heteroatoms. The molecule has 1 aromatic rings. The number of ether oxygens (including phenoxy) is 2. The van der Waals surface area contributed by atoms with Crippen molar-refractivity contribution in [3.63, 3.8) is 0 Å². The summed E-state index contributed by atoms with van der Waals surface area (Å²) in [7, 11) is 0. The monoisotopic (exact) mass is 295 g/mol. The molecule has 1 aliphatic heterocycles. The van der Waals surface area contributed by atoms with E-state index in [1.54, 1.807) is 0 Å². The maximum absolute atomic E-state index is 6.32. The van der Waals surface area contributed by atoms with E-state index in [4.69, 9.17) is 21.1 Å². The average Bonchev–Trinajstić information content (AvgIpc) is 2.72. The Morgan fingerprint density at radius 3 is 2.70 bits per heavy atom. The fourth-order valence-corrected chi connectivity index (χ4v) is 3.32. The van der Waals surface area contributed by atoms with Gasteiger partial charge in [-0.3, -0.25) is 0 Å². The maximum Gasteiger partial charge on any atom is 0.179 e. The number of hydrogen-bond donors (Lipinski definition) is 1. The van der Waals surface area contributed by atoms with Crippen LogP contribution in [0.1, 0.15) is 44.6 Å². The average molecular weight is 296 g/mol. The van der Waals surface area contributed by atoms with Gasteiger partial charge >= 0.3 is 0 Å². The smallest absolute Gasteiger partial charge is 0.179 e. The van der Waals surface area contributed by atoms with Crippen molar-refractivity contribution < 1.29 is 9.47 Å². The van der Waals surface area contributed by atoms with E-state index in [0.29, 0.717) is 24.0 Å². The van der Waals surface area contributed by atoms with Crippen molar-refractivity contribution in [3.8, 4) is 11.5 Å². The van der Waals surface area contributed by atoms with E-state index < -0.39 is 0 Å². The van der Waals surface area contributed by atoms with Gasteiger partial charge in [-0.25, -0.2) is 0 Å². The van der Waals surface area contributed by atoms with Gasteiger partial charge in [0.2, 0.25) is 0 Å². The Morgan fingerprint density at radius 1 is 1.15 bits per heavy atom. The lowest BCUT2D eigenvalue weighted by Gasteiger charge is -2.25. The number of nitrogens with one attached hydrogen (secondary N) is 1. The predicted octanol–water partition coefficient (Wildman–Crippen LogP) is 3.92. The third-order valence-corrected chi connectivity index (χ3v) is 4.57. The van der Waals surface area contributed by atoms with Gasteiger partial charge < -0.3 is 14.8 Å². The molecule has 0 saturated heterocycles. The SMILES string of the molecule is CC1(NCc2cc(Cl)c3c(c2)OCCCO3)CCCC1. The molecule has 1 heterocycles. The van der Waals surface area contributed by atoms with Gasteiger partial charge in [-0.15, -0.1) is 0 Å². The molecule has 2 aliphatic rings. The largest absolute Gasteiger partial charge is 0.489 e. The molecule has 1 N–H and O–H groups in total. The molecular formula is C16H22ClNO2. The molecule has 110 valence electrons. The summed E-state index contributed by atoms with van der Waals surface area (Å²) in [5, 5.41) is 4.32. The minimum atomic E-state index is 0.274. The second kappa shape index (κ2) is 5.82. The Balaban J connectivity index is 1.73. The van der Waals surface area contributed by atoms with Gasteiger partial charge in [0.25, 0.3) is 0 Å². The van der Waals surface area contributed by atoms with Crippen LogP contribution in [-0.2, 0) is 6.54 Å². The molecule has 0 atom stereocenters. The van der Waals surface area contributed by atoms with Crippen molar-refractivity contribution in [2.45, 2.75) is 51.1 Å². The summed E-state index contributed by atoms with van der Waals surface area (Å²) in [5.74, 6) is 1.48. The quantitative estimate of drug-likeness (QED) is 0.917. The summed E-state index contributed by atoms with van der Waals surface area (Å²) in [6, 6.07) is 4.04. The fraction of sp³-hybridized carbons (Fsp3) is 0.625. The second-order valence-electron chi connectivity index (χ2n) is 6.08. The molecule has 20 heavy (non-hydrogen) atoms. The highest BCUT2D eigenvalue weighted by atomic mass is 35.5. The predicted molar refractivity (Wildman–Crippen MR) is 80.8 cm³/mol. The van der Waals surface area contributed by atoms with Crippen LogP contribution in [0.2, 0.25) is 5.02 Å². The number of halogens is 1. The van der Waals surface area contributed by atoms with E-state index in [1.165, 1.54) is 25.7 Å². The van der Waals surface area contributed by atoms with Crippen LogP contribution in [0.5, 0.6) is 11.5 Å². The Hall–Kier alpha value is -0.930. The van der Waals surface area contributed by atoms with Crippen LogP contribution < -0.4 is 14.8 Å². The summed E-state index contributed by atoms with van der Waals surface area (Å²) in [6.45, 7) is 4.50. The van der Waals surface area contributed by atoms with Gasteiger partial charge in [-0.1, -0.05) is 24.4 Å². The zero-order chi connectivity index (χ0) is 14.0. The molecule has 0 radical (unpaired) electrons. The summed E-state index contributed by atoms with van der Waals surface area (Å²) in [4.78, 5) is 0. The standard InChI is InChI=1S/C16H22ClNO2/c1-16(5-2-3-6-16)18-11-12-9-13(17)15-14(10-12)19-7-4-8-20-15/h9-10,18H,2-8,11H2,1H3. The first kappa shape index (κ1) is 14.0. The van der Waals surface area contributed by atoms with Gasteiger partial charge in [-0.2, -0.15) is 0 Å². The van der Waals surface area contributed by atoms with Crippen LogP contribution in [0, 0.1) is 0 Å². The van der Waals surface area contributed by atoms with E-state index in [9.17, 15) is 0 Å². The summed E-state index contributed by atoms with van der Waals surface area (Å²) in [6.07, 6.45) is 6.06. The molecule has 3 nitrogen and oxygen atoms in total. The van der Waals surface area contributed by atoms with E-state index in [0.717, 1.165) is 24.3 Å². The summed E-state index contributed by atoms with van der Waals surface area (Å²) >= 11 is 6.32. The van der Waals surface area contributed by atoms with Gasteiger partial charge in [0.1, 0.15) is 0 Å². The van der Waals surface area contributed by atoms with Gasteiger partial charge in [0, 0.05) is 18.5 Å². The first-order valence-electron chi connectivity index (χ1n) is 7.49. The van der Waals surface area contributed by atoms with E-state index in [1.807, 2.05) is 6.07 Å². The van der Waals surface area contributed by atoms with Crippen molar-refractivity contribution in [2.75, 3.05) is 13.2 Å². The lowest BCUT2D eigenvalue weighted by atomic mass is 10.0. The van der Waals surface area contributed by atoms with Crippen LogP contribution in [0.15, 0.2) is 12.1 Å². The molecule has 1 fully saturated rings. The molecule has 0 aromatic heterocycles. The van der Waals surface area contributed by atoms with Gasteiger partial charge in [0.15, 0.2) is 11.5 Å². The second-order valence-corrected chi connectivity index (χ2v) is 6.48. The van der Waals surface area contributed by atoms with Crippen LogP contribution in [0.4, 0.5) is 0 Å². The number of hydrogen-bond acceptors (Lipinski definition) is 3. The van der Waals surface area contributed by atoms with Crippen LogP contribution in [0.3, 0.4) is 0 Å². The molecular weight excluding hydrogens is 274 g/mol. The van der Waals surface area contributed by atoms with E-state index in [-0.39, 0.29) is 5.54 Å². The van der Waals surface area contributed by atoms with Gasteiger partial charge in [-0.05, 0) is 37.5 Å². The first-order chi connectivity index (χ1) is 9.66. The lowest BCUT2D eigenvalue weighted by Crippen LogP contribution is -2.38. The van der Waals surface area contributed by atoms with Crippen molar-refractivity contribution >= 4 is 11.6 Å². The molecule has 1 aliphatic carbocycles. The Kier molecular flexibility index (Phi) is 4.08. The number of fused-ring (bicyclic) bond motifs is 1. The van der Waals surface area contributed by atoms with Crippen molar-refractivity contribution in [2.24, 2.45) is 0 Å². The normalized spacial score (nSPS) is 20.7. The summed E-state index contributed by atoms with van der Waals surface area (Å²) < 4.78 is 11.4. The fourth-order valence-electron chi connectivity index (χ4n) is 3.03. The maximum atomic E-state index is 6.32. The van der Waals surface area contributed by atoms with Crippen LogP contribution in [-0.4, -0.2) is 18.8 Å². The van der Waals surface area contributed by atoms with Crippen LogP contribution in [0.25, 0.3) is 0 Å². The lowest BCUT2D eigenvalue weighted by molar-refractivity contribution is 0.297. The van der Waals surface area contributed by atoms with E-state index in [2.05, 4.69) is 18.3 Å². The van der Waals surface area contributed by atoms with Crippen LogP contribution >= 0.6 is 11.6 Å². The zero-order valence-corrected chi connectivity index (χ0v) is 12.8. The zero-order valence-electron chi connectivity index (χ0n) is 12.0. The van der Waals surface area contributed by atoms with Crippen molar-refractivity contribution in [3.05, 3.63) is 22.7 Å². The third-order valence-electron chi connectivity index (χ3n) is 4.29. The Morgan fingerprint density at radius 2 is 1.90 bits per heavy atom. The minimum Gasteiger partial charge on any atom is -0.489 e. The third kappa shape index (κ3) is 3.04. The number of benzene rings is 1. The first-order valence-corrected chi connectivity index (χ1v) is 7.87. The Bertz CT molecular complexity index is 484. The highest BCUT2D eigenvalue weighted by molar-refractivity contribution is 6.32. The molecule has 1 aromatic carbocycles. The van der Waals surface area contributed by atoms with E-state index >= 15 is 0 Å². The van der Waals surface area contributed by atoms with Crippen molar-refractivity contribution in [1.82, 2.24) is 5.32 Å². The molecule has 0 amide bonds. The molecule has 0 unspecified atom stereocenters. The minimum absolute atomic E-state index is 0.274. The highest BCUT2D eigenvalue weighted by Crippen LogP contribution is 2.38. The van der Waals surface area contributed by atoms with Gasteiger partial charge in [0.05, 0.1) is 18.2 Å². The Labute approximate surface area is 125 Å². The summed E-state index contributed by atoms with van der Waals surface area (Å²) in [5.41, 5.74) is 1.43. The molecule has 0 bridgehead atoms. The molecule has 1 saturated carbocycles.